The normalized spacial score (nSPS) is 16.8. The van der Waals surface area contributed by atoms with E-state index in [9.17, 15) is 14.0 Å². The fraction of sp³-hybridized carbons (Fsp3) is 0.348. The van der Waals surface area contributed by atoms with E-state index in [1.807, 2.05) is 30.3 Å². The van der Waals surface area contributed by atoms with Crippen LogP contribution in [0.25, 0.3) is 0 Å². The molecule has 2 amide bonds. The van der Waals surface area contributed by atoms with Crippen molar-refractivity contribution in [3.8, 4) is 0 Å². The minimum absolute atomic E-state index is 0.0108. The minimum Gasteiger partial charge on any atom is -0.343 e. The number of hydrogen-bond acceptors (Lipinski definition) is 3. The molecule has 2 aliphatic rings. The van der Waals surface area contributed by atoms with Crippen LogP contribution in [0.5, 0.6) is 0 Å². The van der Waals surface area contributed by atoms with E-state index in [-0.39, 0.29) is 23.5 Å². The average Bonchev–Trinajstić information content (AvgIpc) is 2.74. The van der Waals surface area contributed by atoms with Gasteiger partial charge in [0, 0.05) is 49.3 Å². The van der Waals surface area contributed by atoms with E-state index in [1.165, 1.54) is 12.1 Å². The molecule has 2 aromatic rings. The number of halogens is 1. The summed E-state index contributed by atoms with van der Waals surface area (Å²) < 4.78 is 13.7. The van der Waals surface area contributed by atoms with Crippen molar-refractivity contribution in [2.75, 3.05) is 25.0 Å². The summed E-state index contributed by atoms with van der Waals surface area (Å²) in [4.78, 5) is 30.4. The molecule has 0 unspecified atom stereocenters. The van der Waals surface area contributed by atoms with Crippen molar-refractivity contribution in [2.24, 2.45) is 10.9 Å². The van der Waals surface area contributed by atoms with Gasteiger partial charge in [0.25, 0.3) is 0 Å². The Bertz CT molecular complexity index is 961. The van der Waals surface area contributed by atoms with Crippen LogP contribution in [0, 0.1) is 11.7 Å². The van der Waals surface area contributed by atoms with Crippen LogP contribution in [0.15, 0.2) is 47.5 Å². The molecular formula is C23H24FN3O2. The summed E-state index contributed by atoms with van der Waals surface area (Å²) in [6, 6.07) is 12.4. The maximum Gasteiger partial charge on any atom is 0.227 e. The summed E-state index contributed by atoms with van der Waals surface area (Å²) in [5.74, 6) is -0.296. The van der Waals surface area contributed by atoms with E-state index in [0.29, 0.717) is 32.5 Å². The fourth-order valence-corrected chi connectivity index (χ4v) is 4.02. The lowest BCUT2D eigenvalue weighted by Crippen LogP contribution is -2.40. The fourth-order valence-electron chi connectivity index (χ4n) is 4.02. The standard InChI is InChI=1S/C23H24FN3O2/c1-15(28)27-12-9-18(10-13-27)23(29)26-20-6-3-17(4-7-20)22-21-14-19(24)5-2-16(21)8-11-25-22/h2-7,14,18H,8-13H2,1H3,(H,26,29). The van der Waals surface area contributed by atoms with Crippen LogP contribution in [0.4, 0.5) is 10.1 Å². The van der Waals surface area contributed by atoms with Crippen LogP contribution in [0.3, 0.4) is 0 Å². The van der Waals surface area contributed by atoms with Crippen molar-refractivity contribution in [3.05, 3.63) is 65.0 Å². The maximum absolute atomic E-state index is 13.7. The molecule has 0 atom stereocenters. The number of piperidine rings is 1. The first-order valence-corrected chi connectivity index (χ1v) is 10.0. The monoisotopic (exact) mass is 393 g/mol. The van der Waals surface area contributed by atoms with Crippen molar-refractivity contribution in [2.45, 2.75) is 26.2 Å². The van der Waals surface area contributed by atoms with E-state index in [2.05, 4.69) is 10.3 Å². The van der Waals surface area contributed by atoms with Gasteiger partial charge in [-0.15, -0.1) is 0 Å². The molecule has 0 aromatic heterocycles. The topological polar surface area (TPSA) is 61.8 Å². The molecule has 2 aromatic carbocycles. The third-order valence-electron chi connectivity index (χ3n) is 5.72. The largest absolute Gasteiger partial charge is 0.343 e. The number of anilines is 1. The minimum atomic E-state index is -0.266. The van der Waals surface area contributed by atoms with Crippen LogP contribution in [0.1, 0.15) is 36.5 Å². The Labute approximate surface area is 169 Å². The Morgan fingerprint density at radius 3 is 2.52 bits per heavy atom. The quantitative estimate of drug-likeness (QED) is 0.869. The van der Waals surface area contributed by atoms with Gasteiger partial charge < -0.3 is 10.2 Å². The maximum atomic E-state index is 13.7. The molecule has 1 fully saturated rings. The van der Waals surface area contributed by atoms with E-state index >= 15 is 0 Å². The highest BCUT2D eigenvalue weighted by Crippen LogP contribution is 2.24. The van der Waals surface area contributed by atoms with Gasteiger partial charge in [0.2, 0.25) is 11.8 Å². The third-order valence-corrected chi connectivity index (χ3v) is 5.72. The van der Waals surface area contributed by atoms with Gasteiger partial charge >= 0.3 is 0 Å². The first-order chi connectivity index (χ1) is 14.0. The Kier molecular flexibility index (Phi) is 5.43. The second kappa shape index (κ2) is 8.15. The summed E-state index contributed by atoms with van der Waals surface area (Å²) in [6.07, 6.45) is 2.18. The molecule has 5 nitrogen and oxygen atoms in total. The van der Waals surface area contributed by atoms with Crippen LogP contribution in [0.2, 0.25) is 0 Å². The summed E-state index contributed by atoms with van der Waals surface area (Å²) in [6.45, 7) is 3.50. The molecule has 1 N–H and O–H groups in total. The highest BCUT2D eigenvalue weighted by Gasteiger charge is 2.26. The lowest BCUT2D eigenvalue weighted by Gasteiger charge is -2.30. The number of carbonyl (C=O) groups excluding carboxylic acids is 2. The van der Waals surface area contributed by atoms with Gasteiger partial charge in [-0.25, -0.2) is 4.39 Å². The highest BCUT2D eigenvalue weighted by molar-refractivity contribution is 6.14. The Balaban J connectivity index is 1.43. The van der Waals surface area contributed by atoms with Crippen LogP contribution in [-0.4, -0.2) is 42.1 Å². The smallest absolute Gasteiger partial charge is 0.227 e. The Morgan fingerprint density at radius 2 is 1.83 bits per heavy atom. The van der Waals surface area contributed by atoms with Crippen LogP contribution in [-0.2, 0) is 16.0 Å². The van der Waals surface area contributed by atoms with E-state index in [0.717, 1.165) is 34.5 Å². The number of nitrogens with zero attached hydrogens (tertiary/aromatic N) is 2. The zero-order chi connectivity index (χ0) is 20.4. The van der Waals surface area contributed by atoms with E-state index < -0.39 is 0 Å². The summed E-state index contributed by atoms with van der Waals surface area (Å²) in [5.41, 5.74) is 4.36. The molecule has 29 heavy (non-hydrogen) atoms. The van der Waals surface area contributed by atoms with Gasteiger partial charge in [-0.05, 0) is 49.1 Å². The summed E-state index contributed by atoms with van der Waals surface area (Å²) >= 11 is 0. The van der Waals surface area contributed by atoms with Crippen LogP contribution < -0.4 is 5.32 Å². The molecule has 0 aliphatic carbocycles. The predicted molar refractivity (Wildman–Crippen MR) is 111 cm³/mol. The number of rotatable bonds is 3. The summed E-state index contributed by atoms with van der Waals surface area (Å²) in [7, 11) is 0. The van der Waals surface area contributed by atoms with Gasteiger partial charge in [-0.1, -0.05) is 18.2 Å². The highest BCUT2D eigenvalue weighted by atomic mass is 19.1. The number of nitrogens with one attached hydrogen (secondary N) is 1. The van der Waals surface area contributed by atoms with Crippen molar-refractivity contribution >= 4 is 23.2 Å². The van der Waals surface area contributed by atoms with Crippen molar-refractivity contribution < 1.29 is 14.0 Å². The van der Waals surface area contributed by atoms with Crippen molar-refractivity contribution in [1.82, 2.24) is 4.90 Å². The lowest BCUT2D eigenvalue weighted by molar-refractivity contribution is -0.132. The molecule has 2 aliphatic heterocycles. The van der Waals surface area contributed by atoms with Crippen LogP contribution >= 0.6 is 0 Å². The van der Waals surface area contributed by atoms with Gasteiger partial charge in [-0.3, -0.25) is 14.6 Å². The first kappa shape index (κ1) is 19.3. The molecule has 1 saturated heterocycles. The molecular weight excluding hydrogens is 369 g/mol. The Morgan fingerprint density at radius 1 is 1.10 bits per heavy atom. The number of hydrogen-bond donors (Lipinski definition) is 1. The molecule has 6 heteroatoms. The first-order valence-electron chi connectivity index (χ1n) is 10.0. The SMILES string of the molecule is CC(=O)N1CCC(C(=O)Nc2ccc(C3=NCCc4ccc(F)cc43)cc2)CC1. The van der Waals surface area contributed by atoms with Crippen molar-refractivity contribution in [3.63, 3.8) is 0 Å². The molecule has 0 saturated carbocycles. The lowest BCUT2D eigenvalue weighted by atomic mass is 9.93. The number of benzene rings is 2. The van der Waals surface area contributed by atoms with Crippen molar-refractivity contribution in [1.29, 1.82) is 0 Å². The zero-order valence-corrected chi connectivity index (χ0v) is 16.5. The summed E-state index contributed by atoms with van der Waals surface area (Å²) in [5, 5.41) is 2.97. The van der Waals surface area contributed by atoms with Gasteiger partial charge in [0.05, 0.1) is 5.71 Å². The average molecular weight is 393 g/mol. The van der Waals surface area contributed by atoms with E-state index in [1.54, 1.807) is 11.8 Å². The third kappa shape index (κ3) is 4.21. The second-order valence-corrected chi connectivity index (χ2v) is 7.63. The number of carbonyl (C=O) groups is 2. The number of aliphatic imine (C=N–C) groups is 1. The molecule has 0 radical (unpaired) electrons. The van der Waals surface area contributed by atoms with Gasteiger partial charge in [-0.2, -0.15) is 0 Å². The van der Waals surface area contributed by atoms with E-state index in [4.69, 9.17) is 0 Å². The molecule has 150 valence electrons. The second-order valence-electron chi connectivity index (χ2n) is 7.63. The number of likely N-dealkylation sites (tertiary alicyclic amines) is 1. The van der Waals surface area contributed by atoms with Gasteiger partial charge in [0.15, 0.2) is 0 Å². The molecule has 4 rings (SSSR count). The zero-order valence-electron chi connectivity index (χ0n) is 16.5. The number of fused-ring (bicyclic) bond motifs is 1. The molecule has 2 heterocycles. The predicted octanol–water partition coefficient (Wildman–Crippen LogP) is 3.42. The Hall–Kier alpha value is -3.02. The van der Waals surface area contributed by atoms with Gasteiger partial charge in [0.1, 0.15) is 5.82 Å². The number of amides is 2. The molecule has 0 spiro atoms. The molecule has 0 bridgehead atoms.